The van der Waals surface area contributed by atoms with Gasteiger partial charge in [-0.3, -0.25) is 15.1 Å². The molecular weight excluding hydrogens is 352 g/mol. The predicted molar refractivity (Wildman–Crippen MR) is 112 cm³/mol. The normalized spacial score (nSPS) is 11.6. The molecule has 0 bridgehead atoms. The molecule has 6 nitrogen and oxygen atoms in total. The molecule has 4 aromatic rings. The maximum Gasteiger partial charge on any atom is 0.276 e. The van der Waals surface area contributed by atoms with Crippen LogP contribution < -0.4 is 0 Å². The van der Waals surface area contributed by atoms with Crippen LogP contribution in [0.2, 0.25) is 0 Å². The average Bonchev–Trinajstić information content (AvgIpc) is 3.16. The Labute approximate surface area is 161 Å². The molecule has 0 spiro atoms. The lowest BCUT2D eigenvalue weighted by molar-refractivity contribution is -0.385. The number of hydrogen-bond donors (Lipinski definition) is 1. The Bertz CT molecular complexity index is 1160. The Morgan fingerprint density at radius 1 is 0.964 bits per heavy atom. The van der Waals surface area contributed by atoms with Crippen LogP contribution in [0.25, 0.3) is 28.5 Å². The molecule has 28 heavy (non-hydrogen) atoms. The van der Waals surface area contributed by atoms with Gasteiger partial charge in [0.25, 0.3) is 5.69 Å². The Hall–Kier alpha value is -4.06. The minimum absolute atomic E-state index is 0.0716. The van der Waals surface area contributed by atoms with Gasteiger partial charge in [-0.05, 0) is 54.6 Å². The molecule has 0 radical (unpaired) electrons. The van der Waals surface area contributed by atoms with E-state index >= 15 is 0 Å². The number of nitro benzene ring substituents is 1. The van der Waals surface area contributed by atoms with Crippen LogP contribution in [0.4, 0.5) is 11.4 Å². The maximum atomic E-state index is 11.0. The Balaban J connectivity index is 1.48. The molecule has 0 fully saturated rings. The van der Waals surface area contributed by atoms with Crippen LogP contribution >= 0.6 is 0 Å². The topological polar surface area (TPSA) is 84.2 Å². The number of fused-ring (bicyclic) bond motifs is 1. The number of para-hydroxylation sites is 3. The second-order valence-corrected chi connectivity index (χ2v) is 6.10. The van der Waals surface area contributed by atoms with Gasteiger partial charge in [-0.2, -0.15) is 0 Å². The third kappa shape index (κ3) is 3.71. The second-order valence-electron chi connectivity index (χ2n) is 6.10. The number of nitrogens with one attached hydrogen (secondary N) is 1. The summed E-state index contributed by atoms with van der Waals surface area (Å²) in [6.07, 6.45) is 4.98. The SMILES string of the molecule is O=[N+]([O-])c1ccccc1C=CC=Nc1ccc(-c2nc3ccccc3[nH]2)cc1. The summed E-state index contributed by atoms with van der Waals surface area (Å²) in [4.78, 5) is 22.9. The number of benzene rings is 3. The van der Waals surface area contributed by atoms with E-state index in [1.54, 1.807) is 36.6 Å². The zero-order valence-electron chi connectivity index (χ0n) is 14.8. The highest BCUT2D eigenvalue weighted by atomic mass is 16.6. The number of allylic oxidation sites excluding steroid dienone is 1. The Kier molecular flexibility index (Phi) is 4.76. The van der Waals surface area contributed by atoms with E-state index < -0.39 is 4.92 Å². The number of H-pyrrole nitrogens is 1. The molecule has 6 heteroatoms. The van der Waals surface area contributed by atoms with E-state index in [1.807, 2.05) is 48.5 Å². The van der Waals surface area contributed by atoms with E-state index in [0.717, 1.165) is 28.1 Å². The number of aromatic amines is 1. The summed E-state index contributed by atoms with van der Waals surface area (Å²) < 4.78 is 0. The van der Waals surface area contributed by atoms with Crippen LogP contribution in [0.15, 0.2) is 83.9 Å². The Morgan fingerprint density at radius 2 is 1.71 bits per heavy atom. The van der Waals surface area contributed by atoms with Crippen molar-refractivity contribution in [2.24, 2.45) is 4.99 Å². The molecule has 0 aliphatic carbocycles. The minimum atomic E-state index is -0.395. The smallest absolute Gasteiger partial charge is 0.276 e. The zero-order chi connectivity index (χ0) is 19.3. The van der Waals surface area contributed by atoms with E-state index in [1.165, 1.54) is 6.07 Å². The quantitative estimate of drug-likeness (QED) is 0.284. The molecule has 0 atom stereocenters. The summed E-state index contributed by atoms with van der Waals surface area (Å²) >= 11 is 0. The summed E-state index contributed by atoms with van der Waals surface area (Å²) in [5, 5.41) is 11.0. The number of rotatable bonds is 5. The Morgan fingerprint density at radius 3 is 2.50 bits per heavy atom. The highest BCUT2D eigenvalue weighted by molar-refractivity contribution is 5.82. The number of imidazole rings is 1. The van der Waals surface area contributed by atoms with Gasteiger partial charge in [0.2, 0.25) is 0 Å². The van der Waals surface area contributed by atoms with Crippen molar-refractivity contribution in [3.05, 3.63) is 94.6 Å². The molecule has 136 valence electrons. The van der Waals surface area contributed by atoms with Crippen molar-refractivity contribution in [3.8, 4) is 11.4 Å². The summed E-state index contributed by atoms with van der Waals surface area (Å²) in [6, 6.07) is 22.2. The first-order valence-corrected chi connectivity index (χ1v) is 8.70. The molecule has 0 saturated heterocycles. The molecule has 1 N–H and O–H groups in total. The van der Waals surface area contributed by atoms with E-state index in [4.69, 9.17) is 0 Å². The largest absolute Gasteiger partial charge is 0.338 e. The van der Waals surface area contributed by atoms with Crippen LogP contribution in [-0.4, -0.2) is 21.1 Å². The molecule has 0 amide bonds. The van der Waals surface area contributed by atoms with Crippen molar-refractivity contribution in [1.29, 1.82) is 0 Å². The summed E-state index contributed by atoms with van der Waals surface area (Å²) in [6.45, 7) is 0. The number of nitrogens with zero attached hydrogens (tertiary/aromatic N) is 3. The summed E-state index contributed by atoms with van der Waals surface area (Å²) in [7, 11) is 0. The van der Waals surface area contributed by atoms with Crippen LogP contribution in [-0.2, 0) is 0 Å². The molecule has 1 aromatic heterocycles. The molecule has 0 aliphatic heterocycles. The van der Waals surface area contributed by atoms with Gasteiger partial charge in [-0.25, -0.2) is 4.98 Å². The molecule has 1 heterocycles. The van der Waals surface area contributed by atoms with Crippen molar-refractivity contribution in [1.82, 2.24) is 9.97 Å². The zero-order valence-corrected chi connectivity index (χ0v) is 14.8. The number of hydrogen-bond acceptors (Lipinski definition) is 4. The van der Waals surface area contributed by atoms with E-state index in [0.29, 0.717) is 5.56 Å². The van der Waals surface area contributed by atoms with Crippen molar-refractivity contribution >= 4 is 34.7 Å². The monoisotopic (exact) mass is 368 g/mol. The van der Waals surface area contributed by atoms with Crippen molar-refractivity contribution in [2.75, 3.05) is 0 Å². The minimum Gasteiger partial charge on any atom is -0.338 e. The van der Waals surface area contributed by atoms with Gasteiger partial charge in [-0.1, -0.05) is 24.3 Å². The lowest BCUT2D eigenvalue weighted by atomic mass is 10.1. The number of aliphatic imine (C=N–C) groups is 1. The molecule has 3 aromatic carbocycles. The third-order valence-corrected chi connectivity index (χ3v) is 4.25. The lowest BCUT2D eigenvalue weighted by Gasteiger charge is -1.97. The fraction of sp³-hybridized carbons (Fsp3) is 0. The first-order valence-electron chi connectivity index (χ1n) is 8.70. The standard InChI is InChI=1S/C22H16N4O2/c27-26(28)21-10-4-1-6-16(21)7-5-15-23-18-13-11-17(12-14-18)22-24-19-8-2-3-9-20(19)25-22/h1-15H,(H,24,25). The summed E-state index contributed by atoms with van der Waals surface area (Å²) in [5.41, 5.74) is 4.30. The van der Waals surface area contributed by atoms with Gasteiger partial charge in [0.1, 0.15) is 5.82 Å². The van der Waals surface area contributed by atoms with Gasteiger partial charge < -0.3 is 4.98 Å². The van der Waals surface area contributed by atoms with Crippen LogP contribution in [0.3, 0.4) is 0 Å². The number of nitro groups is 1. The molecule has 0 unspecified atom stereocenters. The van der Waals surface area contributed by atoms with Crippen molar-refractivity contribution < 1.29 is 4.92 Å². The third-order valence-electron chi connectivity index (χ3n) is 4.25. The predicted octanol–water partition coefficient (Wildman–Crippen LogP) is 5.55. The fourth-order valence-electron chi connectivity index (χ4n) is 2.87. The van der Waals surface area contributed by atoms with Gasteiger partial charge in [0.05, 0.1) is 27.2 Å². The molecular formula is C22H16N4O2. The first-order chi connectivity index (χ1) is 13.7. The lowest BCUT2D eigenvalue weighted by Crippen LogP contribution is -1.90. The van der Waals surface area contributed by atoms with Crippen LogP contribution in [0.1, 0.15) is 5.56 Å². The van der Waals surface area contributed by atoms with Gasteiger partial charge >= 0.3 is 0 Å². The first kappa shape index (κ1) is 17.4. The molecule has 0 saturated carbocycles. The molecule has 4 rings (SSSR count). The highest BCUT2D eigenvalue weighted by Crippen LogP contribution is 2.23. The van der Waals surface area contributed by atoms with Crippen molar-refractivity contribution in [3.63, 3.8) is 0 Å². The van der Waals surface area contributed by atoms with E-state index in [-0.39, 0.29) is 5.69 Å². The highest BCUT2D eigenvalue weighted by Gasteiger charge is 2.08. The van der Waals surface area contributed by atoms with Gasteiger partial charge in [0, 0.05) is 17.8 Å². The molecule has 0 aliphatic rings. The van der Waals surface area contributed by atoms with E-state index in [9.17, 15) is 10.1 Å². The average molecular weight is 368 g/mol. The van der Waals surface area contributed by atoms with Crippen LogP contribution in [0, 0.1) is 10.1 Å². The van der Waals surface area contributed by atoms with Crippen LogP contribution in [0.5, 0.6) is 0 Å². The van der Waals surface area contributed by atoms with E-state index in [2.05, 4.69) is 15.0 Å². The van der Waals surface area contributed by atoms with Gasteiger partial charge in [-0.15, -0.1) is 0 Å². The maximum absolute atomic E-state index is 11.0. The fourth-order valence-corrected chi connectivity index (χ4v) is 2.87. The summed E-state index contributed by atoms with van der Waals surface area (Å²) in [5.74, 6) is 0.813. The van der Waals surface area contributed by atoms with Crippen molar-refractivity contribution in [2.45, 2.75) is 0 Å². The second kappa shape index (κ2) is 7.67. The van der Waals surface area contributed by atoms with Gasteiger partial charge in [0.15, 0.2) is 0 Å². The number of aromatic nitrogens is 2.